The van der Waals surface area contributed by atoms with Crippen LogP contribution in [0.5, 0.6) is 11.5 Å². The molecule has 4 nitrogen and oxygen atoms in total. The Morgan fingerprint density at radius 2 is 1.83 bits per heavy atom. The third kappa shape index (κ3) is 3.96. The van der Waals surface area contributed by atoms with Crippen molar-refractivity contribution in [2.75, 3.05) is 13.2 Å². The number of carbonyl (C=O) groups excluding carboxylic acids is 1. The van der Waals surface area contributed by atoms with E-state index in [0.29, 0.717) is 24.7 Å². The molecule has 0 bridgehead atoms. The van der Waals surface area contributed by atoms with E-state index in [1.165, 1.54) is 0 Å². The van der Waals surface area contributed by atoms with Gasteiger partial charge in [-0.15, -0.1) is 0 Å². The Morgan fingerprint density at radius 3 is 2.57 bits per heavy atom. The standard InChI is InChI=1S/C18H18ClNO3/c1-12(14-4-7-16-17(11-14)23-9-8-22-16)20-18(21)10-13-2-5-15(19)6-3-13/h2-7,11-12H,8-10H2,1H3,(H,20,21)/t12-/m1/s1. The monoisotopic (exact) mass is 331 g/mol. The molecule has 1 aliphatic heterocycles. The predicted octanol–water partition coefficient (Wildman–Crippen LogP) is 3.53. The summed E-state index contributed by atoms with van der Waals surface area (Å²) in [5, 5.41) is 3.66. The molecule has 0 saturated carbocycles. The fourth-order valence-electron chi connectivity index (χ4n) is 2.49. The third-order valence-corrected chi connectivity index (χ3v) is 3.97. The molecule has 120 valence electrons. The summed E-state index contributed by atoms with van der Waals surface area (Å²) in [6, 6.07) is 12.9. The molecule has 1 amide bonds. The number of rotatable bonds is 4. The van der Waals surface area contributed by atoms with E-state index < -0.39 is 0 Å². The summed E-state index contributed by atoms with van der Waals surface area (Å²) < 4.78 is 11.1. The van der Waals surface area contributed by atoms with Crippen LogP contribution in [-0.2, 0) is 11.2 Å². The first-order valence-corrected chi connectivity index (χ1v) is 7.93. The molecule has 2 aromatic rings. The molecule has 1 aliphatic rings. The second kappa shape index (κ2) is 6.92. The molecule has 0 spiro atoms. The smallest absolute Gasteiger partial charge is 0.224 e. The van der Waals surface area contributed by atoms with Crippen molar-refractivity contribution in [1.29, 1.82) is 0 Å². The molecule has 5 heteroatoms. The minimum Gasteiger partial charge on any atom is -0.486 e. The van der Waals surface area contributed by atoms with Gasteiger partial charge in [-0.2, -0.15) is 0 Å². The molecule has 0 radical (unpaired) electrons. The first-order chi connectivity index (χ1) is 11.1. The summed E-state index contributed by atoms with van der Waals surface area (Å²) in [5.41, 5.74) is 1.92. The zero-order valence-electron chi connectivity index (χ0n) is 12.8. The number of carbonyl (C=O) groups is 1. The number of fused-ring (bicyclic) bond motifs is 1. The van der Waals surface area contributed by atoms with Gasteiger partial charge in [0.15, 0.2) is 11.5 Å². The van der Waals surface area contributed by atoms with Crippen molar-refractivity contribution in [3.8, 4) is 11.5 Å². The highest BCUT2D eigenvalue weighted by atomic mass is 35.5. The van der Waals surface area contributed by atoms with Crippen LogP contribution in [0, 0.1) is 0 Å². The Hall–Kier alpha value is -2.20. The van der Waals surface area contributed by atoms with Gasteiger partial charge >= 0.3 is 0 Å². The van der Waals surface area contributed by atoms with Crippen molar-refractivity contribution >= 4 is 17.5 Å². The summed E-state index contributed by atoms with van der Waals surface area (Å²) in [5.74, 6) is 1.45. The van der Waals surface area contributed by atoms with Crippen LogP contribution in [0.15, 0.2) is 42.5 Å². The molecule has 1 N–H and O–H groups in total. The first kappa shape index (κ1) is 15.7. The Kier molecular flexibility index (Phi) is 4.72. The molecule has 2 aromatic carbocycles. The molecule has 3 rings (SSSR count). The fourth-order valence-corrected chi connectivity index (χ4v) is 2.62. The van der Waals surface area contributed by atoms with E-state index in [-0.39, 0.29) is 11.9 Å². The van der Waals surface area contributed by atoms with Crippen LogP contribution in [0.4, 0.5) is 0 Å². The van der Waals surface area contributed by atoms with Gasteiger partial charge in [0.05, 0.1) is 12.5 Å². The van der Waals surface area contributed by atoms with Crippen molar-refractivity contribution < 1.29 is 14.3 Å². The van der Waals surface area contributed by atoms with Gasteiger partial charge in [-0.1, -0.05) is 29.8 Å². The molecule has 0 fully saturated rings. The quantitative estimate of drug-likeness (QED) is 0.932. The maximum atomic E-state index is 12.2. The summed E-state index contributed by atoms with van der Waals surface area (Å²) in [6.45, 7) is 3.07. The van der Waals surface area contributed by atoms with Crippen LogP contribution in [0.2, 0.25) is 5.02 Å². The van der Waals surface area contributed by atoms with E-state index in [0.717, 1.165) is 22.6 Å². The number of hydrogen-bond acceptors (Lipinski definition) is 3. The van der Waals surface area contributed by atoms with Crippen molar-refractivity contribution in [3.05, 3.63) is 58.6 Å². The lowest BCUT2D eigenvalue weighted by Crippen LogP contribution is -2.28. The molecule has 23 heavy (non-hydrogen) atoms. The second-order valence-corrected chi connectivity index (χ2v) is 5.93. The Morgan fingerprint density at radius 1 is 1.13 bits per heavy atom. The van der Waals surface area contributed by atoms with E-state index in [9.17, 15) is 4.79 Å². The number of amides is 1. The average Bonchev–Trinajstić information content (AvgIpc) is 2.56. The predicted molar refractivity (Wildman–Crippen MR) is 89.1 cm³/mol. The highest BCUT2D eigenvalue weighted by molar-refractivity contribution is 6.30. The minimum atomic E-state index is -0.106. The van der Waals surface area contributed by atoms with Crippen molar-refractivity contribution in [3.63, 3.8) is 0 Å². The van der Waals surface area contributed by atoms with Crippen LogP contribution in [-0.4, -0.2) is 19.1 Å². The van der Waals surface area contributed by atoms with Crippen molar-refractivity contribution in [2.24, 2.45) is 0 Å². The first-order valence-electron chi connectivity index (χ1n) is 7.55. The number of ether oxygens (including phenoxy) is 2. The van der Waals surface area contributed by atoms with E-state index >= 15 is 0 Å². The average molecular weight is 332 g/mol. The van der Waals surface area contributed by atoms with Crippen LogP contribution < -0.4 is 14.8 Å². The van der Waals surface area contributed by atoms with Gasteiger partial charge < -0.3 is 14.8 Å². The van der Waals surface area contributed by atoms with Gasteiger partial charge in [0.25, 0.3) is 0 Å². The normalized spacial score (nSPS) is 14.2. The number of nitrogens with one attached hydrogen (secondary N) is 1. The zero-order chi connectivity index (χ0) is 16.2. The van der Waals surface area contributed by atoms with Crippen LogP contribution in [0.1, 0.15) is 24.1 Å². The minimum absolute atomic E-state index is 0.0327. The van der Waals surface area contributed by atoms with E-state index in [1.54, 1.807) is 12.1 Å². The van der Waals surface area contributed by atoms with Gasteiger partial charge in [0.1, 0.15) is 13.2 Å². The topological polar surface area (TPSA) is 47.6 Å². The zero-order valence-corrected chi connectivity index (χ0v) is 13.6. The summed E-state index contributed by atoms with van der Waals surface area (Å²) in [7, 11) is 0. The Balaban J connectivity index is 1.63. The summed E-state index contributed by atoms with van der Waals surface area (Å²) >= 11 is 5.85. The van der Waals surface area contributed by atoms with Crippen molar-refractivity contribution in [2.45, 2.75) is 19.4 Å². The molecule has 1 heterocycles. The molecular formula is C18H18ClNO3. The van der Waals surface area contributed by atoms with Crippen molar-refractivity contribution in [1.82, 2.24) is 5.32 Å². The second-order valence-electron chi connectivity index (χ2n) is 5.50. The number of halogens is 1. The van der Waals surface area contributed by atoms with Gasteiger partial charge in [-0.25, -0.2) is 0 Å². The van der Waals surface area contributed by atoms with Crippen LogP contribution >= 0.6 is 11.6 Å². The van der Waals surface area contributed by atoms with Gasteiger partial charge in [0.2, 0.25) is 5.91 Å². The fraction of sp³-hybridized carbons (Fsp3) is 0.278. The molecule has 0 aliphatic carbocycles. The van der Waals surface area contributed by atoms with Gasteiger partial charge in [-0.3, -0.25) is 4.79 Å². The largest absolute Gasteiger partial charge is 0.486 e. The number of hydrogen-bond donors (Lipinski definition) is 1. The number of benzene rings is 2. The highest BCUT2D eigenvalue weighted by Gasteiger charge is 2.16. The lowest BCUT2D eigenvalue weighted by molar-refractivity contribution is -0.121. The van der Waals surface area contributed by atoms with E-state index in [1.807, 2.05) is 37.3 Å². The van der Waals surface area contributed by atoms with Crippen LogP contribution in [0.3, 0.4) is 0 Å². The lowest BCUT2D eigenvalue weighted by Gasteiger charge is -2.21. The Bertz CT molecular complexity index is 700. The SMILES string of the molecule is C[C@@H](NC(=O)Cc1ccc(Cl)cc1)c1ccc2c(c1)OCCO2. The maximum absolute atomic E-state index is 12.2. The summed E-state index contributed by atoms with van der Waals surface area (Å²) in [4.78, 5) is 12.2. The lowest BCUT2D eigenvalue weighted by atomic mass is 10.1. The van der Waals surface area contributed by atoms with Crippen LogP contribution in [0.25, 0.3) is 0 Å². The van der Waals surface area contributed by atoms with E-state index in [2.05, 4.69) is 5.32 Å². The van der Waals surface area contributed by atoms with Gasteiger partial charge in [-0.05, 0) is 42.3 Å². The highest BCUT2D eigenvalue weighted by Crippen LogP contribution is 2.32. The summed E-state index contributed by atoms with van der Waals surface area (Å²) in [6.07, 6.45) is 0.325. The van der Waals surface area contributed by atoms with Gasteiger partial charge in [0, 0.05) is 5.02 Å². The Labute approximate surface area is 140 Å². The molecule has 0 saturated heterocycles. The third-order valence-electron chi connectivity index (χ3n) is 3.72. The van der Waals surface area contributed by atoms with E-state index in [4.69, 9.17) is 21.1 Å². The molecule has 0 aromatic heterocycles. The molecule has 0 unspecified atom stereocenters. The molecular weight excluding hydrogens is 314 g/mol. The maximum Gasteiger partial charge on any atom is 0.224 e. The molecule has 1 atom stereocenters.